The van der Waals surface area contributed by atoms with Gasteiger partial charge < -0.3 is 10.1 Å². The maximum Gasteiger partial charge on any atom is 0.165 e. The highest BCUT2D eigenvalue weighted by atomic mass is 19.1. The highest BCUT2D eigenvalue weighted by Gasteiger charge is 2.14. The Morgan fingerprint density at radius 3 is 3.06 bits per heavy atom. The van der Waals surface area contributed by atoms with E-state index in [1.807, 2.05) is 13.0 Å². The fourth-order valence-corrected chi connectivity index (χ4v) is 2.00. The first kappa shape index (κ1) is 11.4. The van der Waals surface area contributed by atoms with Crippen molar-refractivity contribution in [2.75, 3.05) is 19.7 Å². The number of hydrogen-bond donors (Lipinski definition) is 1. The molecule has 0 amide bonds. The van der Waals surface area contributed by atoms with Crippen molar-refractivity contribution in [1.82, 2.24) is 5.32 Å². The highest BCUT2D eigenvalue weighted by molar-refractivity contribution is 5.28. The number of piperidine rings is 1. The second-order valence-corrected chi connectivity index (χ2v) is 4.46. The molecule has 1 heterocycles. The molecule has 1 N–H and O–H groups in total. The van der Waals surface area contributed by atoms with Gasteiger partial charge in [0, 0.05) is 12.5 Å². The molecule has 1 aliphatic rings. The Morgan fingerprint density at radius 1 is 1.50 bits per heavy atom. The van der Waals surface area contributed by atoms with E-state index in [1.54, 1.807) is 6.07 Å². The summed E-state index contributed by atoms with van der Waals surface area (Å²) in [6, 6.07) is 5.09. The summed E-state index contributed by atoms with van der Waals surface area (Å²) in [7, 11) is 0. The average Bonchev–Trinajstić information content (AvgIpc) is 2.29. The fraction of sp³-hybridized carbons (Fsp3) is 0.538. The monoisotopic (exact) mass is 223 g/mol. The zero-order valence-electron chi connectivity index (χ0n) is 9.63. The lowest BCUT2D eigenvalue weighted by Gasteiger charge is -2.22. The van der Waals surface area contributed by atoms with Crippen molar-refractivity contribution in [3.8, 4) is 5.75 Å². The quantitative estimate of drug-likeness (QED) is 0.850. The Hall–Kier alpha value is -1.09. The van der Waals surface area contributed by atoms with E-state index >= 15 is 0 Å². The van der Waals surface area contributed by atoms with E-state index in [1.165, 1.54) is 18.9 Å². The number of benzene rings is 1. The number of hydrogen-bond acceptors (Lipinski definition) is 2. The summed E-state index contributed by atoms with van der Waals surface area (Å²) in [6.07, 6.45) is 2.35. The third-order valence-corrected chi connectivity index (χ3v) is 2.96. The van der Waals surface area contributed by atoms with Crippen molar-refractivity contribution in [3.05, 3.63) is 29.6 Å². The van der Waals surface area contributed by atoms with Crippen LogP contribution in [0.2, 0.25) is 0 Å². The van der Waals surface area contributed by atoms with Crippen LogP contribution >= 0.6 is 0 Å². The topological polar surface area (TPSA) is 21.3 Å². The highest BCUT2D eigenvalue weighted by Crippen LogP contribution is 2.19. The van der Waals surface area contributed by atoms with Crippen molar-refractivity contribution in [1.29, 1.82) is 0 Å². The van der Waals surface area contributed by atoms with Gasteiger partial charge in [-0.2, -0.15) is 0 Å². The van der Waals surface area contributed by atoms with Crippen LogP contribution in [0.4, 0.5) is 4.39 Å². The molecular formula is C13H18FNO. The molecule has 2 rings (SSSR count). The van der Waals surface area contributed by atoms with Crippen molar-refractivity contribution in [2.24, 2.45) is 5.92 Å². The lowest BCUT2D eigenvalue weighted by atomic mass is 10.0. The van der Waals surface area contributed by atoms with Crippen molar-refractivity contribution < 1.29 is 9.13 Å². The minimum atomic E-state index is -0.260. The maximum atomic E-state index is 13.5. The Bertz CT molecular complexity index is 348. The summed E-state index contributed by atoms with van der Waals surface area (Å²) in [5.41, 5.74) is 0.921. The predicted octanol–water partition coefficient (Wildman–Crippen LogP) is 2.51. The van der Waals surface area contributed by atoms with E-state index in [-0.39, 0.29) is 5.82 Å². The van der Waals surface area contributed by atoms with Crippen LogP contribution in [-0.4, -0.2) is 19.7 Å². The van der Waals surface area contributed by atoms with E-state index in [0.717, 1.165) is 18.7 Å². The predicted molar refractivity (Wildman–Crippen MR) is 62.2 cm³/mol. The molecule has 1 fully saturated rings. The first-order valence-electron chi connectivity index (χ1n) is 5.85. The van der Waals surface area contributed by atoms with Crippen LogP contribution in [0.1, 0.15) is 18.4 Å². The fourth-order valence-electron chi connectivity index (χ4n) is 2.00. The molecule has 88 valence electrons. The van der Waals surface area contributed by atoms with Crippen LogP contribution in [0.15, 0.2) is 18.2 Å². The molecule has 0 saturated carbocycles. The second kappa shape index (κ2) is 5.30. The molecule has 1 aromatic carbocycles. The number of nitrogens with one attached hydrogen (secondary N) is 1. The first-order chi connectivity index (χ1) is 7.75. The van der Waals surface area contributed by atoms with E-state index in [9.17, 15) is 4.39 Å². The molecule has 0 spiro atoms. The van der Waals surface area contributed by atoms with E-state index in [4.69, 9.17) is 4.74 Å². The van der Waals surface area contributed by atoms with Crippen LogP contribution < -0.4 is 10.1 Å². The van der Waals surface area contributed by atoms with E-state index in [0.29, 0.717) is 18.3 Å². The van der Waals surface area contributed by atoms with E-state index in [2.05, 4.69) is 5.32 Å². The maximum absolute atomic E-state index is 13.5. The van der Waals surface area contributed by atoms with Gasteiger partial charge in [-0.05, 0) is 44.0 Å². The van der Waals surface area contributed by atoms with Gasteiger partial charge in [-0.15, -0.1) is 0 Å². The van der Waals surface area contributed by atoms with Crippen LogP contribution in [0.25, 0.3) is 0 Å². The summed E-state index contributed by atoms with van der Waals surface area (Å²) in [4.78, 5) is 0. The molecule has 0 unspecified atom stereocenters. The molecule has 0 radical (unpaired) electrons. The Kier molecular flexibility index (Phi) is 3.78. The van der Waals surface area contributed by atoms with Gasteiger partial charge in [0.2, 0.25) is 0 Å². The zero-order valence-corrected chi connectivity index (χ0v) is 9.63. The summed E-state index contributed by atoms with van der Waals surface area (Å²) < 4.78 is 19.0. The Morgan fingerprint density at radius 2 is 2.38 bits per heavy atom. The van der Waals surface area contributed by atoms with Crippen LogP contribution in [0, 0.1) is 18.7 Å². The van der Waals surface area contributed by atoms with Crippen LogP contribution in [0.3, 0.4) is 0 Å². The number of halogens is 1. The first-order valence-corrected chi connectivity index (χ1v) is 5.85. The summed E-state index contributed by atoms with van der Waals surface area (Å²) in [6.45, 7) is 4.55. The largest absolute Gasteiger partial charge is 0.490 e. The van der Waals surface area contributed by atoms with Crippen LogP contribution in [-0.2, 0) is 0 Å². The number of ether oxygens (including phenoxy) is 1. The minimum absolute atomic E-state index is 0.260. The van der Waals surface area contributed by atoms with Crippen molar-refractivity contribution in [3.63, 3.8) is 0 Å². The lowest BCUT2D eigenvalue weighted by molar-refractivity contribution is 0.211. The van der Waals surface area contributed by atoms with E-state index < -0.39 is 0 Å². The minimum Gasteiger partial charge on any atom is -0.490 e. The standard InChI is InChI=1S/C13H18FNO/c1-10-4-5-13(12(14)7-10)16-9-11-3-2-6-15-8-11/h4-5,7,11,15H,2-3,6,8-9H2,1H3/t11-/m1/s1. The van der Waals surface area contributed by atoms with Crippen molar-refractivity contribution >= 4 is 0 Å². The van der Waals surface area contributed by atoms with Gasteiger partial charge in [0.05, 0.1) is 6.61 Å². The van der Waals surface area contributed by atoms with Gasteiger partial charge in [0.25, 0.3) is 0 Å². The molecule has 0 bridgehead atoms. The molecule has 1 atom stereocenters. The number of rotatable bonds is 3. The number of aryl methyl sites for hydroxylation is 1. The van der Waals surface area contributed by atoms with Gasteiger partial charge >= 0.3 is 0 Å². The summed E-state index contributed by atoms with van der Waals surface area (Å²) >= 11 is 0. The van der Waals surface area contributed by atoms with Crippen LogP contribution in [0.5, 0.6) is 5.75 Å². The molecule has 16 heavy (non-hydrogen) atoms. The van der Waals surface area contributed by atoms with Gasteiger partial charge in [0.1, 0.15) is 0 Å². The molecule has 1 saturated heterocycles. The smallest absolute Gasteiger partial charge is 0.165 e. The second-order valence-electron chi connectivity index (χ2n) is 4.46. The van der Waals surface area contributed by atoms with Gasteiger partial charge in [-0.3, -0.25) is 0 Å². The molecule has 3 heteroatoms. The average molecular weight is 223 g/mol. The van der Waals surface area contributed by atoms with Gasteiger partial charge in [-0.1, -0.05) is 6.07 Å². The molecule has 0 aromatic heterocycles. The molecule has 0 aliphatic carbocycles. The summed E-state index contributed by atoms with van der Waals surface area (Å²) in [5, 5.41) is 3.32. The van der Waals surface area contributed by atoms with Gasteiger partial charge in [-0.25, -0.2) is 4.39 Å². The SMILES string of the molecule is Cc1ccc(OC[C@@H]2CCCNC2)c(F)c1. The zero-order chi connectivity index (χ0) is 11.4. The Labute approximate surface area is 95.8 Å². The van der Waals surface area contributed by atoms with Crippen molar-refractivity contribution in [2.45, 2.75) is 19.8 Å². The normalized spacial score (nSPS) is 20.8. The summed E-state index contributed by atoms with van der Waals surface area (Å²) in [5.74, 6) is 0.620. The molecule has 1 aromatic rings. The van der Waals surface area contributed by atoms with Gasteiger partial charge in [0.15, 0.2) is 11.6 Å². The Balaban J connectivity index is 1.88. The molecule has 1 aliphatic heterocycles. The molecular weight excluding hydrogens is 205 g/mol. The third-order valence-electron chi connectivity index (χ3n) is 2.96. The third kappa shape index (κ3) is 2.95. The molecule has 2 nitrogen and oxygen atoms in total. The lowest BCUT2D eigenvalue weighted by Crippen LogP contribution is -2.33.